The summed E-state index contributed by atoms with van der Waals surface area (Å²) in [5.74, 6) is 0.414. The van der Waals surface area contributed by atoms with Crippen molar-refractivity contribution < 1.29 is 18.3 Å². The highest BCUT2D eigenvalue weighted by Gasteiger charge is 2.27. The number of guanidine groups is 1. The molecule has 1 saturated heterocycles. The zero-order valence-corrected chi connectivity index (χ0v) is 20.8. The Balaban J connectivity index is 0.00000363. The van der Waals surface area contributed by atoms with Gasteiger partial charge in [-0.2, -0.15) is 0 Å². The second-order valence-electron chi connectivity index (χ2n) is 7.33. The molecule has 0 amide bonds. The molecule has 1 atom stereocenters. The fourth-order valence-electron chi connectivity index (χ4n) is 3.49. The summed E-state index contributed by atoms with van der Waals surface area (Å²) in [4.78, 5) is 6.40. The van der Waals surface area contributed by atoms with E-state index in [1.165, 1.54) is 18.2 Å². The van der Waals surface area contributed by atoms with E-state index in [1.807, 2.05) is 31.2 Å². The van der Waals surface area contributed by atoms with Gasteiger partial charge in [-0.1, -0.05) is 18.2 Å². The molecule has 0 radical (unpaired) electrons. The number of hydrogen-bond acceptors (Lipinski definition) is 4. The Hall–Kier alpha value is -2.14. The third kappa shape index (κ3) is 7.47. The number of benzene rings is 2. The van der Waals surface area contributed by atoms with Gasteiger partial charge in [-0.3, -0.25) is 0 Å². The molecule has 1 aliphatic rings. The molecular formula is C23H31F2IN4O2. The van der Waals surface area contributed by atoms with E-state index in [1.54, 1.807) is 12.0 Å². The Morgan fingerprint density at radius 3 is 2.50 bits per heavy atom. The van der Waals surface area contributed by atoms with Gasteiger partial charge in [0.05, 0.1) is 13.2 Å². The minimum absolute atomic E-state index is 0. The van der Waals surface area contributed by atoms with Crippen molar-refractivity contribution in [1.82, 2.24) is 10.6 Å². The Kier molecular flexibility index (Phi) is 10.9. The highest BCUT2D eigenvalue weighted by molar-refractivity contribution is 14.0. The summed E-state index contributed by atoms with van der Waals surface area (Å²) >= 11 is 0. The highest BCUT2D eigenvalue weighted by atomic mass is 127. The van der Waals surface area contributed by atoms with Crippen LogP contribution in [0.15, 0.2) is 47.5 Å². The van der Waals surface area contributed by atoms with Gasteiger partial charge in [-0.25, -0.2) is 13.8 Å². The molecule has 6 nitrogen and oxygen atoms in total. The van der Waals surface area contributed by atoms with E-state index in [0.717, 1.165) is 24.3 Å². The van der Waals surface area contributed by atoms with Crippen molar-refractivity contribution in [3.05, 3.63) is 59.7 Å². The molecule has 0 spiro atoms. The van der Waals surface area contributed by atoms with Gasteiger partial charge >= 0.3 is 0 Å². The van der Waals surface area contributed by atoms with Crippen LogP contribution in [0.1, 0.15) is 18.9 Å². The van der Waals surface area contributed by atoms with Crippen LogP contribution in [0.5, 0.6) is 5.75 Å². The van der Waals surface area contributed by atoms with Gasteiger partial charge in [0.15, 0.2) is 5.96 Å². The fourth-order valence-corrected chi connectivity index (χ4v) is 3.49. The lowest BCUT2D eigenvalue weighted by Gasteiger charge is -2.21. The first-order valence-corrected chi connectivity index (χ1v) is 10.5. The van der Waals surface area contributed by atoms with Gasteiger partial charge in [0.1, 0.15) is 29.7 Å². The zero-order chi connectivity index (χ0) is 22.1. The lowest BCUT2D eigenvalue weighted by atomic mass is 10.2. The predicted molar refractivity (Wildman–Crippen MR) is 134 cm³/mol. The van der Waals surface area contributed by atoms with Crippen LogP contribution in [-0.2, 0) is 11.3 Å². The maximum atomic E-state index is 14.1. The summed E-state index contributed by atoms with van der Waals surface area (Å²) < 4.78 is 38.7. The third-order valence-corrected chi connectivity index (χ3v) is 5.03. The second-order valence-corrected chi connectivity index (χ2v) is 7.33. The monoisotopic (exact) mass is 560 g/mol. The first kappa shape index (κ1) is 26.1. The number of halogens is 3. The van der Waals surface area contributed by atoms with E-state index >= 15 is 0 Å². The molecular weight excluding hydrogens is 529 g/mol. The van der Waals surface area contributed by atoms with Gasteiger partial charge in [0, 0.05) is 32.8 Å². The van der Waals surface area contributed by atoms with Crippen LogP contribution in [-0.4, -0.2) is 52.0 Å². The number of nitrogens with zero attached hydrogens (tertiary/aromatic N) is 2. The second kappa shape index (κ2) is 13.4. The van der Waals surface area contributed by atoms with Crippen molar-refractivity contribution in [3.8, 4) is 5.75 Å². The van der Waals surface area contributed by atoms with E-state index < -0.39 is 11.6 Å². The van der Waals surface area contributed by atoms with Crippen molar-refractivity contribution in [3.63, 3.8) is 0 Å². The molecule has 0 aromatic heterocycles. The van der Waals surface area contributed by atoms with Crippen molar-refractivity contribution in [1.29, 1.82) is 0 Å². The topological polar surface area (TPSA) is 58.1 Å². The number of rotatable bonds is 9. The average Bonchev–Trinajstić information content (AvgIpc) is 3.21. The number of methoxy groups -OCH3 is 1. The highest BCUT2D eigenvalue weighted by Crippen LogP contribution is 2.26. The van der Waals surface area contributed by atoms with Crippen molar-refractivity contribution in [2.24, 2.45) is 4.99 Å². The van der Waals surface area contributed by atoms with E-state index in [9.17, 15) is 8.78 Å². The number of para-hydroxylation sites is 1. The molecule has 2 N–H and O–H groups in total. The largest absolute Gasteiger partial charge is 0.491 e. The Bertz CT molecular complexity index is 847. The number of aliphatic imine (C=N–C) groups is 1. The average molecular weight is 560 g/mol. The van der Waals surface area contributed by atoms with Gasteiger partial charge in [-0.15, -0.1) is 24.0 Å². The summed E-state index contributed by atoms with van der Waals surface area (Å²) in [6.07, 6.45) is 0.770. The number of anilines is 1. The zero-order valence-electron chi connectivity index (χ0n) is 18.4. The lowest BCUT2D eigenvalue weighted by molar-refractivity contribution is 0.146. The van der Waals surface area contributed by atoms with E-state index in [-0.39, 0.29) is 35.7 Å². The molecule has 0 bridgehead atoms. The number of ether oxygens (including phenoxy) is 2. The number of hydrogen-bond donors (Lipinski definition) is 2. The first-order valence-electron chi connectivity index (χ1n) is 10.5. The summed E-state index contributed by atoms with van der Waals surface area (Å²) in [6, 6.07) is 11.8. The smallest absolute Gasteiger partial charge is 0.191 e. The molecule has 2 aromatic carbocycles. The Morgan fingerprint density at radius 2 is 1.84 bits per heavy atom. The third-order valence-electron chi connectivity index (χ3n) is 5.03. The summed E-state index contributed by atoms with van der Waals surface area (Å²) in [6.45, 7) is 5.38. The molecule has 2 aromatic rings. The van der Waals surface area contributed by atoms with Crippen LogP contribution in [0.4, 0.5) is 14.5 Å². The molecule has 1 aliphatic heterocycles. The molecule has 1 heterocycles. The normalized spacial score (nSPS) is 15.9. The van der Waals surface area contributed by atoms with E-state index in [0.29, 0.717) is 38.8 Å². The molecule has 3 rings (SSSR count). The summed E-state index contributed by atoms with van der Waals surface area (Å²) in [5, 5.41) is 6.62. The van der Waals surface area contributed by atoms with Crippen LogP contribution in [0, 0.1) is 11.6 Å². The predicted octanol–water partition coefficient (Wildman–Crippen LogP) is 3.94. The summed E-state index contributed by atoms with van der Waals surface area (Å²) in [7, 11) is 1.64. The van der Waals surface area contributed by atoms with Crippen LogP contribution in [0.2, 0.25) is 0 Å². The molecule has 0 aliphatic carbocycles. The van der Waals surface area contributed by atoms with Crippen molar-refractivity contribution in [2.45, 2.75) is 25.9 Å². The molecule has 1 fully saturated rings. The maximum absolute atomic E-state index is 14.1. The SMILES string of the molecule is CCNC(=NCc1ccc(OCCOC)cc1)NC1CCN(c2c(F)cccc2F)C1.I. The fraction of sp³-hybridized carbons (Fsp3) is 0.435. The maximum Gasteiger partial charge on any atom is 0.191 e. The van der Waals surface area contributed by atoms with Gasteiger partial charge < -0.3 is 25.0 Å². The first-order chi connectivity index (χ1) is 15.1. The van der Waals surface area contributed by atoms with Gasteiger partial charge in [-0.05, 0) is 43.2 Å². The standard InChI is InChI=1S/C23H30F2N4O2.HI/c1-3-26-23(27-15-17-7-9-19(10-8-17)31-14-13-30-2)28-18-11-12-29(16-18)22-20(24)5-4-6-21(22)25;/h4-10,18H,3,11-16H2,1-2H3,(H2,26,27,28);1H. The molecule has 0 saturated carbocycles. The molecule has 9 heteroatoms. The van der Waals surface area contributed by atoms with Crippen molar-refractivity contribution >= 4 is 35.6 Å². The summed E-state index contributed by atoms with van der Waals surface area (Å²) in [5.41, 5.74) is 1.10. The van der Waals surface area contributed by atoms with Crippen LogP contribution in [0.3, 0.4) is 0 Å². The molecule has 176 valence electrons. The van der Waals surface area contributed by atoms with E-state index in [4.69, 9.17) is 9.47 Å². The van der Waals surface area contributed by atoms with Gasteiger partial charge in [0.25, 0.3) is 0 Å². The molecule has 1 unspecified atom stereocenters. The van der Waals surface area contributed by atoms with Crippen LogP contribution in [0.25, 0.3) is 0 Å². The Morgan fingerprint density at radius 1 is 1.12 bits per heavy atom. The number of nitrogens with one attached hydrogen (secondary N) is 2. The lowest BCUT2D eigenvalue weighted by Crippen LogP contribution is -2.44. The minimum atomic E-state index is -0.532. The van der Waals surface area contributed by atoms with Gasteiger partial charge in [0.2, 0.25) is 0 Å². The van der Waals surface area contributed by atoms with E-state index in [2.05, 4.69) is 15.6 Å². The van der Waals surface area contributed by atoms with Crippen molar-refractivity contribution in [2.75, 3.05) is 44.9 Å². The quantitative estimate of drug-likeness (QED) is 0.211. The van der Waals surface area contributed by atoms with Crippen LogP contribution < -0.4 is 20.3 Å². The Labute approximate surface area is 205 Å². The van der Waals surface area contributed by atoms with Crippen LogP contribution >= 0.6 is 24.0 Å². The minimum Gasteiger partial charge on any atom is -0.491 e. The molecule has 32 heavy (non-hydrogen) atoms.